The van der Waals surface area contributed by atoms with Gasteiger partial charge in [-0.05, 0) is 46.3 Å². The van der Waals surface area contributed by atoms with Crippen molar-refractivity contribution < 1.29 is 4.39 Å². The van der Waals surface area contributed by atoms with Crippen molar-refractivity contribution in [1.29, 1.82) is 0 Å². The molecular weight excluding hydrogens is 278 g/mol. The van der Waals surface area contributed by atoms with Crippen molar-refractivity contribution in [1.82, 2.24) is 0 Å². The monoisotopic (exact) mass is 292 g/mol. The molecule has 1 aromatic rings. The summed E-state index contributed by atoms with van der Waals surface area (Å²) in [6.45, 7) is 5.95. The summed E-state index contributed by atoms with van der Waals surface area (Å²) in [7, 11) is 0. The van der Waals surface area contributed by atoms with Crippen LogP contribution < -0.4 is 0 Å². The van der Waals surface area contributed by atoms with E-state index in [0.29, 0.717) is 10.0 Å². The molecular formula is C12H15BrClF. The Kier molecular flexibility index (Phi) is 4.19. The first-order valence-corrected chi connectivity index (χ1v) is 6.16. The standard InChI is InChI=1S/C12H15BrClF/c1-8(14)7-12(2,3)9-5-4-6-10(13)11(9)15/h4-6,8H,7H2,1-3H3. The lowest BCUT2D eigenvalue weighted by atomic mass is 9.80. The Bertz CT molecular complexity index is 347. The summed E-state index contributed by atoms with van der Waals surface area (Å²) in [5.74, 6) is -0.181. The normalized spacial score (nSPS) is 14.0. The first-order chi connectivity index (χ1) is 6.84. The van der Waals surface area contributed by atoms with E-state index in [0.717, 1.165) is 6.42 Å². The maximum absolute atomic E-state index is 13.9. The molecule has 0 aromatic heterocycles. The average Bonchev–Trinajstić information content (AvgIpc) is 2.07. The summed E-state index contributed by atoms with van der Waals surface area (Å²) in [6.07, 6.45) is 0.752. The van der Waals surface area contributed by atoms with Crippen molar-refractivity contribution >= 4 is 27.5 Å². The van der Waals surface area contributed by atoms with Crippen LogP contribution in [0.15, 0.2) is 22.7 Å². The Morgan fingerprint density at radius 2 is 2.07 bits per heavy atom. The van der Waals surface area contributed by atoms with Crippen LogP contribution in [0, 0.1) is 5.82 Å². The van der Waals surface area contributed by atoms with E-state index < -0.39 is 0 Å². The SMILES string of the molecule is CC(Cl)CC(C)(C)c1cccc(Br)c1F. The maximum Gasteiger partial charge on any atom is 0.141 e. The van der Waals surface area contributed by atoms with E-state index in [2.05, 4.69) is 15.9 Å². The molecule has 1 aromatic carbocycles. The summed E-state index contributed by atoms with van der Waals surface area (Å²) in [6, 6.07) is 5.38. The molecule has 0 aliphatic heterocycles. The average molecular weight is 294 g/mol. The molecule has 0 saturated heterocycles. The number of benzene rings is 1. The zero-order valence-corrected chi connectivity index (χ0v) is 11.5. The molecule has 0 amide bonds. The Morgan fingerprint density at radius 3 is 2.60 bits per heavy atom. The van der Waals surface area contributed by atoms with Crippen molar-refractivity contribution in [3.05, 3.63) is 34.1 Å². The summed E-state index contributed by atoms with van der Waals surface area (Å²) in [4.78, 5) is 0. The molecule has 0 radical (unpaired) electrons. The van der Waals surface area contributed by atoms with Gasteiger partial charge in [0.15, 0.2) is 0 Å². The third-order valence-corrected chi connectivity index (χ3v) is 3.24. The molecule has 3 heteroatoms. The second-order valence-electron chi connectivity index (χ2n) is 4.47. The van der Waals surface area contributed by atoms with Crippen LogP contribution in [0.5, 0.6) is 0 Å². The minimum atomic E-state index is -0.241. The zero-order valence-electron chi connectivity index (χ0n) is 9.15. The second-order valence-corrected chi connectivity index (χ2v) is 6.07. The fraction of sp³-hybridized carbons (Fsp3) is 0.500. The van der Waals surface area contributed by atoms with Gasteiger partial charge in [0.05, 0.1) is 4.47 Å². The van der Waals surface area contributed by atoms with Gasteiger partial charge in [0, 0.05) is 5.38 Å². The lowest BCUT2D eigenvalue weighted by molar-refractivity contribution is 0.446. The molecule has 0 aliphatic rings. The summed E-state index contributed by atoms with van der Waals surface area (Å²) in [5.41, 5.74) is 0.471. The van der Waals surface area contributed by atoms with Crippen molar-refractivity contribution in [2.75, 3.05) is 0 Å². The van der Waals surface area contributed by atoms with Crippen molar-refractivity contribution in [3.63, 3.8) is 0 Å². The number of hydrogen-bond acceptors (Lipinski definition) is 0. The lowest BCUT2D eigenvalue weighted by Crippen LogP contribution is -2.22. The summed E-state index contributed by atoms with van der Waals surface area (Å²) < 4.78 is 14.4. The highest BCUT2D eigenvalue weighted by molar-refractivity contribution is 9.10. The Hall–Kier alpha value is -0.0800. The van der Waals surface area contributed by atoms with Gasteiger partial charge in [-0.25, -0.2) is 4.39 Å². The number of alkyl halides is 1. The molecule has 0 saturated carbocycles. The van der Waals surface area contributed by atoms with Gasteiger partial charge >= 0.3 is 0 Å². The first kappa shape index (κ1) is 13.0. The Labute approximate surface area is 104 Å². The first-order valence-electron chi connectivity index (χ1n) is 4.93. The fourth-order valence-corrected chi connectivity index (χ4v) is 2.59. The smallest absolute Gasteiger partial charge is 0.141 e. The zero-order chi connectivity index (χ0) is 11.6. The molecule has 1 rings (SSSR count). The molecule has 0 bridgehead atoms. The van der Waals surface area contributed by atoms with Gasteiger partial charge in [0.25, 0.3) is 0 Å². The molecule has 15 heavy (non-hydrogen) atoms. The summed E-state index contributed by atoms with van der Waals surface area (Å²) in [5, 5.41) is 0.0402. The largest absolute Gasteiger partial charge is 0.205 e. The number of rotatable bonds is 3. The minimum Gasteiger partial charge on any atom is -0.205 e. The minimum absolute atomic E-state index is 0.0402. The van der Waals surface area contributed by atoms with Crippen LogP contribution in [0.25, 0.3) is 0 Å². The predicted octanol–water partition coefficient (Wildman–Crippen LogP) is 4.88. The van der Waals surface area contributed by atoms with Gasteiger partial charge < -0.3 is 0 Å². The molecule has 0 heterocycles. The van der Waals surface area contributed by atoms with E-state index in [-0.39, 0.29) is 16.6 Å². The van der Waals surface area contributed by atoms with E-state index in [1.807, 2.05) is 32.9 Å². The van der Waals surface area contributed by atoms with Crippen LogP contribution in [0.4, 0.5) is 4.39 Å². The van der Waals surface area contributed by atoms with E-state index in [1.54, 1.807) is 6.07 Å². The fourth-order valence-electron chi connectivity index (χ4n) is 1.84. The Balaban J connectivity index is 3.09. The van der Waals surface area contributed by atoms with Crippen LogP contribution in [0.3, 0.4) is 0 Å². The topological polar surface area (TPSA) is 0 Å². The number of halogens is 3. The third-order valence-electron chi connectivity index (χ3n) is 2.47. The van der Waals surface area contributed by atoms with Gasteiger partial charge in [0.2, 0.25) is 0 Å². The van der Waals surface area contributed by atoms with Gasteiger partial charge in [-0.2, -0.15) is 0 Å². The van der Waals surface area contributed by atoms with Gasteiger partial charge in [0.1, 0.15) is 5.82 Å². The molecule has 1 atom stereocenters. The van der Waals surface area contributed by atoms with E-state index >= 15 is 0 Å². The molecule has 0 fully saturated rings. The van der Waals surface area contributed by atoms with Crippen LogP contribution in [0.1, 0.15) is 32.8 Å². The van der Waals surface area contributed by atoms with E-state index in [9.17, 15) is 4.39 Å². The molecule has 0 N–H and O–H groups in total. The second kappa shape index (κ2) is 4.84. The highest BCUT2D eigenvalue weighted by atomic mass is 79.9. The molecule has 0 nitrogen and oxygen atoms in total. The highest BCUT2D eigenvalue weighted by Gasteiger charge is 2.26. The van der Waals surface area contributed by atoms with Crippen LogP contribution in [-0.4, -0.2) is 5.38 Å². The summed E-state index contributed by atoms with van der Waals surface area (Å²) >= 11 is 9.17. The van der Waals surface area contributed by atoms with Crippen molar-refractivity contribution in [3.8, 4) is 0 Å². The van der Waals surface area contributed by atoms with Crippen molar-refractivity contribution in [2.45, 2.75) is 38.0 Å². The quantitative estimate of drug-likeness (QED) is 0.697. The van der Waals surface area contributed by atoms with Crippen LogP contribution >= 0.6 is 27.5 Å². The molecule has 1 unspecified atom stereocenters. The molecule has 84 valence electrons. The third kappa shape index (κ3) is 3.18. The highest BCUT2D eigenvalue weighted by Crippen LogP contribution is 2.34. The number of hydrogen-bond donors (Lipinski definition) is 0. The van der Waals surface area contributed by atoms with Crippen LogP contribution in [-0.2, 0) is 5.41 Å². The van der Waals surface area contributed by atoms with Crippen molar-refractivity contribution in [2.24, 2.45) is 0 Å². The van der Waals surface area contributed by atoms with Gasteiger partial charge in [-0.15, -0.1) is 11.6 Å². The maximum atomic E-state index is 13.9. The predicted molar refractivity (Wildman–Crippen MR) is 67.1 cm³/mol. The van der Waals surface area contributed by atoms with Gasteiger partial charge in [-0.1, -0.05) is 26.0 Å². The van der Waals surface area contributed by atoms with Crippen LogP contribution in [0.2, 0.25) is 0 Å². The lowest BCUT2D eigenvalue weighted by Gasteiger charge is -2.27. The van der Waals surface area contributed by atoms with E-state index in [4.69, 9.17) is 11.6 Å². The molecule has 0 aliphatic carbocycles. The Morgan fingerprint density at radius 1 is 1.47 bits per heavy atom. The van der Waals surface area contributed by atoms with Gasteiger partial charge in [-0.3, -0.25) is 0 Å². The molecule has 0 spiro atoms. The van der Waals surface area contributed by atoms with E-state index in [1.165, 1.54) is 0 Å².